The average molecular weight is 475 g/mol. The molecular weight excluding hydrogens is 463 g/mol. The second-order valence-corrected chi connectivity index (χ2v) is 7.90. The molecule has 0 saturated carbocycles. The second kappa shape index (κ2) is 8.44. The number of nitrogens with zero attached hydrogens (tertiary/aromatic N) is 2. The minimum Gasteiger partial charge on any atom is -0.871 e. The van der Waals surface area contributed by atoms with Crippen molar-refractivity contribution >= 4 is 49.0 Å². The fourth-order valence-electron chi connectivity index (χ4n) is 3.10. The number of azo groups is 1. The molecule has 0 aliphatic heterocycles. The molecule has 4 aromatic rings. The van der Waals surface area contributed by atoms with E-state index in [9.17, 15) is 23.4 Å². The number of hydrogen-bond acceptors (Lipinski definition) is 7. The maximum Gasteiger partial charge on any atom is 2.00 e. The van der Waals surface area contributed by atoms with Gasteiger partial charge in [-0.1, -0.05) is 42.1 Å². The van der Waals surface area contributed by atoms with Crippen molar-refractivity contribution < 1.29 is 45.0 Å². The van der Waals surface area contributed by atoms with Gasteiger partial charge in [-0.25, -0.2) is 0 Å². The van der Waals surface area contributed by atoms with E-state index in [0.29, 0.717) is 27.2 Å². The van der Waals surface area contributed by atoms with Gasteiger partial charge in [0.2, 0.25) is 0 Å². The second-order valence-electron chi connectivity index (χ2n) is 6.48. The van der Waals surface area contributed by atoms with Crippen LogP contribution in [-0.4, -0.2) is 18.9 Å². The van der Waals surface area contributed by atoms with Crippen LogP contribution in [0.15, 0.2) is 81.9 Å². The number of aromatic carboxylic acids is 1. The van der Waals surface area contributed by atoms with E-state index in [0.717, 1.165) is 0 Å². The first-order chi connectivity index (χ1) is 14.2. The van der Waals surface area contributed by atoms with Crippen LogP contribution in [0.3, 0.4) is 0 Å². The molecule has 0 atom stereocenters. The maximum absolute atomic E-state index is 12.5. The number of fused-ring (bicyclic) bond motifs is 2. The summed E-state index contributed by atoms with van der Waals surface area (Å²) in [7, 11) is -4.32. The van der Waals surface area contributed by atoms with E-state index in [1.54, 1.807) is 42.5 Å². The van der Waals surface area contributed by atoms with Crippen LogP contribution in [0, 0.1) is 0 Å². The van der Waals surface area contributed by atoms with Crippen LogP contribution in [0.5, 0.6) is 5.75 Å². The summed E-state index contributed by atoms with van der Waals surface area (Å²) >= 11 is 0. The van der Waals surface area contributed by atoms with Crippen LogP contribution in [0.25, 0.3) is 21.5 Å². The van der Waals surface area contributed by atoms with Crippen LogP contribution >= 0.6 is 0 Å². The van der Waals surface area contributed by atoms with Gasteiger partial charge in [-0.15, -0.1) is 0 Å². The Kier molecular flexibility index (Phi) is 6.10. The molecule has 0 aromatic heterocycles. The third kappa shape index (κ3) is 4.42. The Labute approximate surface area is 187 Å². The normalized spacial score (nSPS) is 11.6. The van der Waals surface area contributed by atoms with Crippen molar-refractivity contribution in [3.8, 4) is 5.75 Å². The molecule has 8 nitrogen and oxygen atoms in total. The molecule has 1 radical (unpaired) electrons. The van der Waals surface area contributed by atoms with Crippen molar-refractivity contribution in [1.29, 1.82) is 0 Å². The summed E-state index contributed by atoms with van der Waals surface area (Å²) in [6.07, 6.45) is 0. The summed E-state index contributed by atoms with van der Waals surface area (Å²) in [5.74, 6) is -2.39. The molecule has 4 rings (SSSR count). The van der Waals surface area contributed by atoms with E-state index >= 15 is 0 Å². The smallest absolute Gasteiger partial charge is 0.871 e. The molecule has 0 spiro atoms. The van der Waals surface area contributed by atoms with Gasteiger partial charge >= 0.3 is 17.1 Å². The first kappa shape index (κ1) is 22.4. The summed E-state index contributed by atoms with van der Waals surface area (Å²) in [6.45, 7) is 0. The molecule has 10 heteroatoms. The Hall–Kier alpha value is -3.30. The molecule has 0 aliphatic rings. The summed E-state index contributed by atoms with van der Waals surface area (Å²) in [6, 6.07) is 16.8. The zero-order valence-corrected chi connectivity index (χ0v) is 17.5. The number of rotatable bonds is 4. The molecule has 0 saturated heterocycles. The molecule has 0 amide bonds. The SMILES string of the molecule is O=C([O-])c1cc2ccccc2c(N=Nc2ccc3cc(S(=O)(=O)O)ccc3c2)c1[O-].[Mn+2]. The van der Waals surface area contributed by atoms with Crippen molar-refractivity contribution in [2.45, 2.75) is 4.90 Å². The number of carboxylic acid groups (broad SMARTS) is 1. The van der Waals surface area contributed by atoms with Crippen molar-refractivity contribution in [2.75, 3.05) is 0 Å². The predicted molar refractivity (Wildman–Crippen MR) is 106 cm³/mol. The van der Waals surface area contributed by atoms with Crippen LogP contribution < -0.4 is 10.2 Å². The standard InChI is InChI=1S/C21H14N2O6S.Mn/c24-20-18(21(25)26)11-14-3-1-2-4-17(14)19(20)23-22-15-7-5-13-10-16(30(27,28)29)8-6-12(13)9-15;/h1-11,24H,(H,25,26)(H,27,28,29);/q;+2/p-2. The van der Waals surface area contributed by atoms with Gasteiger partial charge in [-0.2, -0.15) is 18.6 Å². The zero-order valence-electron chi connectivity index (χ0n) is 15.5. The third-order valence-electron chi connectivity index (χ3n) is 4.55. The number of carboxylic acids is 1. The molecule has 0 fully saturated rings. The van der Waals surface area contributed by atoms with E-state index < -0.39 is 27.4 Å². The Bertz CT molecular complexity index is 1470. The van der Waals surface area contributed by atoms with Gasteiger partial charge in [-0.3, -0.25) is 4.55 Å². The van der Waals surface area contributed by atoms with E-state index in [2.05, 4.69) is 10.2 Å². The van der Waals surface area contributed by atoms with Crippen molar-refractivity contribution in [3.05, 3.63) is 72.3 Å². The molecule has 0 aliphatic carbocycles. The quantitative estimate of drug-likeness (QED) is 0.273. The predicted octanol–water partition coefficient (Wildman–Crippen LogP) is 3.09. The molecule has 0 bridgehead atoms. The van der Waals surface area contributed by atoms with Crippen molar-refractivity contribution in [2.24, 2.45) is 10.2 Å². The van der Waals surface area contributed by atoms with Crippen LogP contribution in [0.2, 0.25) is 0 Å². The zero-order chi connectivity index (χ0) is 21.5. The summed E-state index contributed by atoms with van der Waals surface area (Å²) in [4.78, 5) is 11.1. The van der Waals surface area contributed by atoms with Crippen LogP contribution in [0.4, 0.5) is 11.4 Å². The Morgan fingerprint density at radius 3 is 2.26 bits per heavy atom. The van der Waals surface area contributed by atoms with Crippen molar-refractivity contribution in [1.82, 2.24) is 0 Å². The summed E-state index contributed by atoms with van der Waals surface area (Å²) in [5, 5.41) is 34.0. The first-order valence-electron chi connectivity index (χ1n) is 8.61. The van der Waals surface area contributed by atoms with E-state index in [4.69, 9.17) is 4.55 Å². The van der Waals surface area contributed by atoms with E-state index in [-0.39, 0.29) is 27.7 Å². The molecule has 4 aromatic carbocycles. The first-order valence-corrected chi connectivity index (χ1v) is 10.1. The summed E-state index contributed by atoms with van der Waals surface area (Å²) < 4.78 is 31.7. The minimum atomic E-state index is -4.32. The molecule has 31 heavy (non-hydrogen) atoms. The van der Waals surface area contributed by atoms with E-state index in [1.165, 1.54) is 24.3 Å². The van der Waals surface area contributed by atoms with Gasteiger partial charge in [0.25, 0.3) is 10.1 Å². The van der Waals surface area contributed by atoms with E-state index in [1.807, 2.05) is 0 Å². The van der Waals surface area contributed by atoms with Gasteiger partial charge in [0.05, 0.1) is 22.2 Å². The van der Waals surface area contributed by atoms with Gasteiger partial charge < -0.3 is 15.0 Å². The van der Waals surface area contributed by atoms with Crippen LogP contribution in [-0.2, 0) is 27.2 Å². The number of benzene rings is 4. The Morgan fingerprint density at radius 2 is 1.55 bits per heavy atom. The third-order valence-corrected chi connectivity index (χ3v) is 5.40. The number of hydrogen-bond donors (Lipinski definition) is 1. The number of carbonyl (C=O) groups is 1. The van der Waals surface area contributed by atoms with Gasteiger partial charge in [-0.05, 0) is 52.1 Å². The van der Waals surface area contributed by atoms with Gasteiger partial charge in [0, 0.05) is 5.39 Å². The molecule has 155 valence electrons. The van der Waals surface area contributed by atoms with Crippen molar-refractivity contribution in [3.63, 3.8) is 0 Å². The van der Waals surface area contributed by atoms with Gasteiger partial charge in [0.15, 0.2) is 0 Å². The Morgan fingerprint density at radius 1 is 0.871 bits per heavy atom. The molecule has 0 heterocycles. The summed E-state index contributed by atoms with van der Waals surface area (Å²) in [5.41, 5.74) is -0.252. The van der Waals surface area contributed by atoms with Crippen LogP contribution in [0.1, 0.15) is 10.4 Å². The molecular formula is C21H12MnN2O6S. The fraction of sp³-hybridized carbons (Fsp3) is 0. The Balaban J connectivity index is 0.00000272. The molecule has 0 unspecified atom stereocenters. The monoisotopic (exact) mass is 475 g/mol. The largest absolute Gasteiger partial charge is 2.00 e. The average Bonchev–Trinajstić information content (AvgIpc) is 2.71. The topological polar surface area (TPSA) is 142 Å². The number of carbonyl (C=O) groups excluding carboxylic acids is 1. The molecule has 1 N–H and O–H groups in total. The fourth-order valence-corrected chi connectivity index (χ4v) is 3.62. The minimum absolute atomic E-state index is 0. The van der Waals surface area contributed by atoms with Gasteiger partial charge in [0.1, 0.15) is 0 Å². The maximum atomic E-state index is 12.5.